The van der Waals surface area contributed by atoms with Crippen LogP contribution in [0.4, 0.5) is 0 Å². The van der Waals surface area contributed by atoms with Crippen molar-refractivity contribution in [2.75, 3.05) is 19.6 Å². The van der Waals surface area contributed by atoms with Crippen molar-refractivity contribution in [3.05, 3.63) is 69.2 Å². The van der Waals surface area contributed by atoms with Crippen molar-refractivity contribution in [3.63, 3.8) is 0 Å². The predicted molar refractivity (Wildman–Crippen MR) is 110 cm³/mol. The lowest BCUT2D eigenvalue weighted by atomic mass is 9.93. The zero-order valence-corrected chi connectivity index (χ0v) is 16.8. The maximum atomic E-state index is 13.0. The fraction of sp³-hybridized carbons (Fsp3) is 0.409. The van der Waals surface area contributed by atoms with Gasteiger partial charge in [-0.25, -0.2) is 0 Å². The Morgan fingerprint density at radius 1 is 1.00 bits per heavy atom. The third-order valence-electron chi connectivity index (χ3n) is 5.79. The monoisotopic (exact) mass is 402 g/mol. The van der Waals surface area contributed by atoms with Crippen LogP contribution in [-0.2, 0) is 24.3 Å². The lowest BCUT2D eigenvalue weighted by molar-refractivity contribution is -0.138. The molecule has 5 heteroatoms. The van der Waals surface area contributed by atoms with Gasteiger partial charge in [-0.2, -0.15) is 0 Å². The van der Waals surface area contributed by atoms with Crippen LogP contribution in [-0.4, -0.2) is 35.3 Å². The van der Waals surface area contributed by atoms with E-state index in [1.54, 1.807) is 6.07 Å². The number of halogens is 2. The summed E-state index contributed by atoms with van der Waals surface area (Å²) in [6.45, 7) is 4.28. The fourth-order valence-corrected chi connectivity index (χ4v) is 4.64. The molecule has 0 aliphatic carbocycles. The zero-order chi connectivity index (χ0) is 18.8. The summed E-state index contributed by atoms with van der Waals surface area (Å²) in [7, 11) is 0. The number of amides is 1. The van der Waals surface area contributed by atoms with Gasteiger partial charge >= 0.3 is 0 Å². The van der Waals surface area contributed by atoms with E-state index in [-0.39, 0.29) is 5.92 Å². The summed E-state index contributed by atoms with van der Waals surface area (Å²) in [6, 6.07) is 14.1. The molecular formula is C22H24Cl2N2O. The van der Waals surface area contributed by atoms with Crippen LogP contribution in [0.15, 0.2) is 42.5 Å². The van der Waals surface area contributed by atoms with Crippen molar-refractivity contribution in [2.45, 2.75) is 32.4 Å². The van der Waals surface area contributed by atoms with E-state index < -0.39 is 0 Å². The SMILES string of the molecule is O=C(C1CCN(Cc2ccc(Cl)cc2Cl)CC1)N1CCc2ccccc2C1. The smallest absolute Gasteiger partial charge is 0.226 e. The average molecular weight is 403 g/mol. The molecule has 2 aromatic carbocycles. The van der Waals surface area contributed by atoms with E-state index >= 15 is 0 Å². The van der Waals surface area contributed by atoms with Gasteiger partial charge in [0.05, 0.1) is 0 Å². The molecule has 0 spiro atoms. The second-order valence-corrected chi connectivity index (χ2v) is 8.41. The van der Waals surface area contributed by atoms with Crippen molar-refractivity contribution in [1.82, 2.24) is 9.80 Å². The van der Waals surface area contributed by atoms with E-state index in [0.717, 1.165) is 57.5 Å². The summed E-state index contributed by atoms with van der Waals surface area (Å²) in [5, 5.41) is 1.38. The minimum absolute atomic E-state index is 0.146. The van der Waals surface area contributed by atoms with Crippen LogP contribution in [0.25, 0.3) is 0 Å². The van der Waals surface area contributed by atoms with Crippen molar-refractivity contribution in [1.29, 1.82) is 0 Å². The molecule has 4 rings (SSSR count). The highest BCUT2D eigenvalue weighted by molar-refractivity contribution is 6.35. The molecule has 1 fully saturated rings. The van der Waals surface area contributed by atoms with Crippen molar-refractivity contribution < 1.29 is 4.79 Å². The summed E-state index contributed by atoms with van der Waals surface area (Å²) in [4.78, 5) is 17.4. The van der Waals surface area contributed by atoms with Crippen LogP contribution in [0.5, 0.6) is 0 Å². The van der Waals surface area contributed by atoms with Crippen LogP contribution < -0.4 is 0 Å². The van der Waals surface area contributed by atoms with Gasteiger partial charge in [0.25, 0.3) is 0 Å². The molecular weight excluding hydrogens is 379 g/mol. The highest BCUT2D eigenvalue weighted by atomic mass is 35.5. The molecule has 1 saturated heterocycles. The van der Waals surface area contributed by atoms with E-state index in [1.807, 2.05) is 12.1 Å². The molecule has 0 atom stereocenters. The molecule has 142 valence electrons. The highest BCUT2D eigenvalue weighted by Crippen LogP contribution is 2.27. The molecule has 2 aliphatic heterocycles. The minimum Gasteiger partial charge on any atom is -0.338 e. The Balaban J connectivity index is 1.32. The van der Waals surface area contributed by atoms with E-state index in [9.17, 15) is 4.79 Å². The molecule has 2 aliphatic rings. The number of benzene rings is 2. The van der Waals surface area contributed by atoms with Crippen LogP contribution in [0.2, 0.25) is 10.0 Å². The Kier molecular flexibility index (Phi) is 5.72. The van der Waals surface area contributed by atoms with Gasteiger partial charge in [-0.1, -0.05) is 53.5 Å². The molecule has 1 amide bonds. The Morgan fingerprint density at radius 3 is 2.48 bits per heavy atom. The number of rotatable bonds is 3. The molecule has 2 aromatic rings. The first kappa shape index (κ1) is 18.8. The Hall–Kier alpha value is -1.55. The summed E-state index contributed by atoms with van der Waals surface area (Å²) >= 11 is 12.3. The summed E-state index contributed by atoms with van der Waals surface area (Å²) in [5.74, 6) is 0.473. The van der Waals surface area contributed by atoms with E-state index in [1.165, 1.54) is 11.1 Å². The third-order valence-corrected chi connectivity index (χ3v) is 6.38. The average Bonchev–Trinajstić information content (AvgIpc) is 2.70. The third kappa shape index (κ3) is 4.31. The topological polar surface area (TPSA) is 23.6 Å². The van der Waals surface area contributed by atoms with Gasteiger partial charge in [0.15, 0.2) is 0 Å². The van der Waals surface area contributed by atoms with E-state index in [0.29, 0.717) is 16.0 Å². The fourth-order valence-electron chi connectivity index (χ4n) is 4.17. The van der Waals surface area contributed by atoms with Crippen LogP contribution >= 0.6 is 23.2 Å². The van der Waals surface area contributed by atoms with Crippen molar-refractivity contribution in [2.24, 2.45) is 5.92 Å². The maximum absolute atomic E-state index is 13.0. The Bertz CT molecular complexity index is 831. The number of fused-ring (bicyclic) bond motifs is 1. The first-order valence-corrected chi connectivity index (χ1v) is 10.4. The van der Waals surface area contributed by atoms with E-state index in [4.69, 9.17) is 23.2 Å². The van der Waals surface area contributed by atoms with Crippen LogP contribution in [0, 0.1) is 5.92 Å². The van der Waals surface area contributed by atoms with Crippen LogP contribution in [0.1, 0.15) is 29.5 Å². The van der Waals surface area contributed by atoms with Gasteiger partial charge in [0.2, 0.25) is 5.91 Å². The second kappa shape index (κ2) is 8.22. The van der Waals surface area contributed by atoms with Crippen molar-refractivity contribution in [3.8, 4) is 0 Å². The maximum Gasteiger partial charge on any atom is 0.226 e. The van der Waals surface area contributed by atoms with Crippen LogP contribution in [0.3, 0.4) is 0 Å². The number of piperidine rings is 1. The number of carbonyl (C=O) groups excluding carboxylic acids is 1. The van der Waals surface area contributed by atoms with Gasteiger partial charge in [0, 0.05) is 35.6 Å². The highest BCUT2D eigenvalue weighted by Gasteiger charge is 2.30. The largest absolute Gasteiger partial charge is 0.338 e. The standard InChI is InChI=1S/C22H24Cl2N2O/c23-20-6-5-19(21(24)13-20)14-25-10-7-17(8-11-25)22(27)26-12-9-16-3-1-2-4-18(16)15-26/h1-6,13,17H,7-12,14-15H2. The molecule has 0 saturated carbocycles. The molecule has 0 radical (unpaired) electrons. The van der Waals surface area contributed by atoms with Gasteiger partial charge < -0.3 is 4.90 Å². The van der Waals surface area contributed by atoms with Gasteiger partial charge in [-0.05, 0) is 61.2 Å². The number of nitrogens with zero attached hydrogens (tertiary/aromatic N) is 2. The zero-order valence-electron chi connectivity index (χ0n) is 15.3. The number of carbonyl (C=O) groups is 1. The Labute approximate surface area is 170 Å². The lowest BCUT2D eigenvalue weighted by Gasteiger charge is -2.36. The lowest BCUT2D eigenvalue weighted by Crippen LogP contribution is -2.44. The minimum atomic E-state index is 0.146. The van der Waals surface area contributed by atoms with Crippen molar-refractivity contribution >= 4 is 29.1 Å². The first-order chi connectivity index (χ1) is 13.1. The van der Waals surface area contributed by atoms with E-state index in [2.05, 4.69) is 34.1 Å². The number of hydrogen-bond donors (Lipinski definition) is 0. The number of hydrogen-bond acceptors (Lipinski definition) is 2. The molecule has 0 bridgehead atoms. The first-order valence-electron chi connectivity index (χ1n) is 9.62. The molecule has 0 aromatic heterocycles. The summed E-state index contributed by atoms with van der Waals surface area (Å²) < 4.78 is 0. The quantitative estimate of drug-likeness (QED) is 0.736. The number of likely N-dealkylation sites (tertiary alicyclic amines) is 1. The molecule has 0 unspecified atom stereocenters. The summed E-state index contributed by atoms with van der Waals surface area (Å²) in [6.07, 6.45) is 2.81. The Morgan fingerprint density at radius 2 is 1.74 bits per heavy atom. The molecule has 0 N–H and O–H groups in total. The molecule has 27 heavy (non-hydrogen) atoms. The second-order valence-electron chi connectivity index (χ2n) is 7.56. The van der Waals surface area contributed by atoms with Gasteiger partial charge in [-0.15, -0.1) is 0 Å². The normalized spacial score (nSPS) is 18.4. The predicted octanol–water partition coefficient (Wildman–Crippen LogP) is 4.79. The van der Waals surface area contributed by atoms with Gasteiger partial charge in [0.1, 0.15) is 0 Å². The molecule has 2 heterocycles. The molecule has 3 nitrogen and oxygen atoms in total. The van der Waals surface area contributed by atoms with Gasteiger partial charge in [-0.3, -0.25) is 9.69 Å². The summed E-state index contributed by atoms with van der Waals surface area (Å²) in [5.41, 5.74) is 3.78.